The van der Waals surface area contributed by atoms with Gasteiger partial charge in [-0.25, -0.2) is 8.78 Å². The van der Waals surface area contributed by atoms with Crippen LogP contribution < -0.4 is 35.2 Å². The molecule has 334 valence electrons. The number of nitrogens with zero attached hydrogens (tertiary/aromatic N) is 3. The number of carbonyl (C=O) groups is 3. The van der Waals surface area contributed by atoms with Crippen LogP contribution in [0.2, 0.25) is 0 Å². The monoisotopic (exact) mass is 870 g/mol. The van der Waals surface area contributed by atoms with E-state index in [0.29, 0.717) is 41.9 Å². The van der Waals surface area contributed by atoms with Gasteiger partial charge >= 0.3 is 0 Å². The number of hydrogen-bond acceptors (Lipinski definition) is 13. The van der Waals surface area contributed by atoms with Crippen molar-refractivity contribution in [2.45, 2.75) is 30.3 Å². The van der Waals surface area contributed by atoms with Gasteiger partial charge in [-0.15, -0.1) is 0 Å². The molecule has 0 aromatic heterocycles. The molecule has 10 rings (SSSR count). The number of carbonyl (C=O) groups excluding carboxylic acids is 3. The van der Waals surface area contributed by atoms with Crippen LogP contribution in [0.4, 0.5) is 20.2 Å². The van der Waals surface area contributed by atoms with Crippen LogP contribution in [0.5, 0.6) is 11.5 Å². The summed E-state index contributed by atoms with van der Waals surface area (Å²) in [5, 5.41) is 30.1. The summed E-state index contributed by atoms with van der Waals surface area (Å²) < 4.78 is 47.4. The molecule has 63 heavy (non-hydrogen) atoms. The van der Waals surface area contributed by atoms with E-state index in [0.717, 1.165) is 88.1 Å². The molecule has 0 unspecified atom stereocenters. The number of anilines is 2. The van der Waals surface area contributed by atoms with Crippen molar-refractivity contribution >= 4 is 29.0 Å². The molecule has 4 saturated heterocycles. The van der Waals surface area contributed by atoms with Crippen molar-refractivity contribution in [1.82, 2.24) is 20.9 Å². The number of aliphatic hydroxyl groups excluding tert-OH is 2. The number of hydrogen-bond donors (Lipinski definition) is 5. The Balaban J connectivity index is 0.000000157. The van der Waals surface area contributed by atoms with Gasteiger partial charge in [0.05, 0.1) is 31.3 Å². The third-order valence-corrected chi connectivity index (χ3v) is 11.9. The Labute approximate surface area is 363 Å². The molecule has 15 nitrogen and oxygen atoms in total. The molecule has 4 atom stereocenters. The molecule has 2 amide bonds. The molecule has 4 fully saturated rings. The number of Topliss-reactive ketones (excluding diaryl/α,β-unsaturated/α-hetero) is 1. The van der Waals surface area contributed by atoms with Gasteiger partial charge in [-0.2, -0.15) is 0 Å². The van der Waals surface area contributed by atoms with Crippen molar-refractivity contribution in [3.63, 3.8) is 0 Å². The predicted molar refractivity (Wildman–Crippen MR) is 228 cm³/mol. The first-order chi connectivity index (χ1) is 30.6. The highest BCUT2D eigenvalue weighted by Crippen LogP contribution is 2.37. The average molecular weight is 871 g/mol. The second kappa shape index (κ2) is 20.2. The summed E-state index contributed by atoms with van der Waals surface area (Å²) >= 11 is 0. The largest absolute Gasteiger partial charge is 0.490 e. The van der Waals surface area contributed by atoms with Crippen molar-refractivity contribution in [2.75, 3.05) is 102 Å². The van der Waals surface area contributed by atoms with E-state index in [1.54, 1.807) is 0 Å². The van der Waals surface area contributed by atoms with E-state index in [9.17, 15) is 33.4 Å². The maximum absolute atomic E-state index is 13.2. The Morgan fingerprint density at radius 2 is 1.05 bits per heavy atom. The Morgan fingerprint density at radius 3 is 1.44 bits per heavy atom. The number of halogens is 2. The Hall–Kier alpha value is -5.69. The SMILES string of the molecule is O=C(N[C@H]1c2cc(N3CCN(C4COC4)CC3)ccc2OC[C@@H]1O)c1ccc(F)cc1.O=C(N[C@H]1c2cc(N3CCNCC3)ccc2OC[C@@H]1O)c1ccc(F)cc1.O=C1COC1. The van der Waals surface area contributed by atoms with Crippen molar-refractivity contribution in [1.29, 1.82) is 0 Å². The fourth-order valence-corrected chi connectivity index (χ4v) is 8.06. The quantitative estimate of drug-likeness (QED) is 0.184. The molecular formula is C46H52F2N6O9. The maximum Gasteiger partial charge on any atom is 0.251 e. The van der Waals surface area contributed by atoms with Gasteiger partial charge in [0.1, 0.15) is 61.8 Å². The third kappa shape index (κ3) is 10.7. The minimum atomic E-state index is -0.873. The van der Waals surface area contributed by atoms with E-state index in [1.165, 1.54) is 48.5 Å². The van der Waals surface area contributed by atoms with Crippen LogP contribution in [-0.4, -0.2) is 143 Å². The Morgan fingerprint density at radius 1 is 0.603 bits per heavy atom. The van der Waals surface area contributed by atoms with Crippen LogP contribution in [0.3, 0.4) is 0 Å². The van der Waals surface area contributed by atoms with Crippen LogP contribution in [-0.2, 0) is 14.3 Å². The molecule has 4 aromatic rings. The van der Waals surface area contributed by atoms with Gasteiger partial charge < -0.3 is 54.9 Å². The average Bonchev–Trinajstić information content (AvgIpc) is 3.28. The van der Waals surface area contributed by atoms with Crippen LogP contribution >= 0.6 is 0 Å². The number of piperazine rings is 2. The molecule has 5 N–H and O–H groups in total. The second-order valence-corrected chi connectivity index (χ2v) is 16.1. The summed E-state index contributed by atoms with van der Waals surface area (Å²) in [6.45, 7) is 9.95. The van der Waals surface area contributed by atoms with E-state index in [-0.39, 0.29) is 30.8 Å². The van der Waals surface area contributed by atoms with Crippen LogP contribution in [0, 0.1) is 11.6 Å². The molecule has 6 aliphatic rings. The molecule has 0 bridgehead atoms. The first kappa shape index (κ1) is 43.9. The summed E-state index contributed by atoms with van der Waals surface area (Å²) in [6, 6.07) is 21.8. The molecule has 4 aromatic carbocycles. The lowest BCUT2D eigenvalue weighted by Crippen LogP contribution is -2.56. The number of ketones is 1. The fourth-order valence-electron chi connectivity index (χ4n) is 8.06. The lowest BCUT2D eigenvalue weighted by Gasteiger charge is -2.43. The first-order valence-electron chi connectivity index (χ1n) is 21.2. The summed E-state index contributed by atoms with van der Waals surface area (Å²) in [5.41, 5.74) is 4.27. The number of amides is 2. The summed E-state index contributed by atoms with van der Waals surface area (Å²) in [6.07, 6.45) is -1.73. The number of nitrogens with one attached hydrogen (secondary N) is 3. The minimum absolute atomic E-state index is 0.100. The standard InChI is InChI=1S/C23H26FN3O4.C20H22FN3O3.C3H4O2/c24-16-3-1-15(2-4-16)23(29)25-22-19-11-17(5-6-21(19)31-14-20(22)28)26-7-9-27(10-8-26)18-12-30-13-18;21-14-3-1-13(2-4-14)20(26)23-19-16-11-15(24-9-7-22-8-10-24)5-6-18(16)27-12-17(19)25;4-3-1-5-2-3/h1-6,11,18,20,22,28H,7-10,12-14H2,(H,25,29);1-6,11,17,19,22,25H,7-10,12H2,(H,23,26);1-2H2/t20-,22-;17-,19-;/m00./s1. The number of benzene rings is 4. The first-order valence-corrected chi connectivity index (χ1v) is 21.2. The van der Waals surface area contributed by atoms with E-state index < -0.39 is 35.9 Å². The molecule has 17 heteroatoms. The van der Waals surface area contributed by atoms with Gasteiger partial charge in [0.15, 0.2) is 5.78 Å². The Kier molecular flexibility index (Phi) is 14.1. The van der Waals surface area contributed by atoms with E-state index in [1.807, 2.05) is 36.4 Å². The molecule has 0 spiro atoms. The van der Waals surface area contributed by atoms with Gasteiger partial charge in [0.2, 0.25) is 0 Å². The highest BCUT2D eigenvalue weighted by Gasteiger charge is 2.34. The van der Waals surface area contributed by atoms with Crippen LogP contribution in [0.1, 0.15) is 43.9 Å². The number of ether oxygens (including phenoxy) is 4. The maximum atomic E-state index is 13.2. The normalized spacial score (nSPS) is 23.0. The molecule has 6 aliphatic heterocycles. The Bertz CT molecular complexity index is 2210. The highest BCUT2D eigenvalue weighted by molar-refractivity contribution is 5.95. The molecule has 6 heterocycles. The van der Waals surface area contributed by atoms with Crippen LogP contribution in [0.15, 0.2) is 84.9 Å². The lowest BCUT2D eigenvalue weighted by atomic mass is 9.96. The number of fused-ring (bicyclic) bond motifs is 2. The zero-order valence-corrected chi connectivity index (χ0v) is 34.7. The van der Waals surface area contributed by atoms with E-state index >= 15 is 0 Å². The molecule has 0 radical (unpaired) electrons. The van der Waals surface area contributed by atoms with Gasteiger partial charge in [0, 0.05) is 86.0 Å². The lowest BCUT2D eigenvalue weighted by molar-refractivity contribution is -0.140. The molecular weight excluding hydrogens is 819 g/mol. The van der Waals surface area contributed by atoms with E-state index in [4.69, 9.17) is 14.2 Å². The predicted octanol–water partition coefficient (Wildman–Crippen LogP) is 2.62. The van der Waals surface area contributed by atoms with E-state index in [2.05, 4.69) is 35.4 Å². The topological polar surface area (TPSA) is 174 Å². The van der Waals surface area contributed by atoms with Gasteiger partial charge in [-0.05, 0) is 84.9 Å². The summed E-state index contributed by atoms with van der Waals surface area (Å²) in [7, 11) is 0. The fraction of sp³-hybridized carbons (Fsp3) is 0.413. The summed E-state index contributed by atoms with van der Waals surface area (Å²) in [5.74, 6) is 0.00152. The second-order valence-electron chi connectivity index (χ2n) is 16.1. The summed E-state index contributed by atoms with van der Waals surface area (Å²) in [4.78, 5) is 42.1. The van der Waals surface area contributed by atoms with Crippen LogP contribution in [0.25, 0.3) is 0 Å². The van der Waals surface area contributed by atoms with Gasteiger partial charge in [-0.1, -0.05) is 0 Å². The van der Waals surface area contributed by atoms with Crippen molar-refractivity contribution < 1.29 is 52.3 Å². The highest BCUT2D eigenvalue weighted by atomic mass is 19.1. The smallest absolute Gasteiger partial charge is 0.251 e. The zero-order chi connectivity index (χ0) is 43.9. The van der Waals surface area contributed by atoms with Gasteiger partial charge in [0.25, 0.3) is 11.8 Å². The van der Waals surface area contributed by atoms with Crippen molar-refractivity contribution in [3.05, 3.63) is 119 Å². The molecule has 0 saturated carbocycles. The minimum Gasteiger partial charge on any atom is -0.490 e. The zero-order valence-electron chi connectivity index (χ0n) is 34.7. The number of rotatable bonds is 7. The van der Waals surface area contributed by atoms with Crippen molar-refractivity contribution in [2.24, 2.45) is 0 Å². The van der Waals surface area contributed by atoms with Crippen molar-refractivity contribution in [3.8, 4) is 11.5 Å². The number of aliphatic hydroxyl groups is 2. The van der Waals surface area contributed by atoms with Gasteiger partial charge in [-0.3, -0.25) is 19.3 Å². The third-order valence-electron chi connectivity index (χ3n) is 11.9. The molecule has 0 aliphatic carbocycles.